The summed E-state index contributed by atoms with van der Waals surface area (Å²) in [5.41, 5.74) is 1.30. The average Bonchev–Trinajstić information content (AvgIpc) is 3.04. The molecule has 2 heterocycles. The van der Waals surface area contributed by atoms with Crippen LogP contribution in [0.25, 0.3) is 0 Å². The van der Waals surface area contributed by atoms with Crippen LogP contribution >= 0.6 is 35.7 Å². The molecule has 26 heavy (non-hydrogen) atoms. The van der Waals surface area contributed by atoms with E-state index in [1.807, 2.05) is 17.9 Å². The molecule has 1 saturated heterocycles. The number of nitrogens with one attached hydrogen (secondary N) is 1. The van der Waals surface area contributed by atoms with Gasteiger partial charge in [-0.05, 0) is 38.2 Å². The molecule has 1 aromatic heterocycles. The van der Waals surface area contributed by atoms with Crippen LogP contribution in [0.3, 0.4) is 0 Å². The highest BCUT2D eigenvalue weighted by Gasteiger charge is 2.38. The van der Waals surface area contributed by atoms with Gasteiger partial charge in [-0.3, -0.25) is 9.67 Å². The molecule has 0 bridgehead atoms. The van der Waals surface area contributed by atoms with Gasteiger partial charge in [-0.2, -0.15) is 16.9 Å². The van der Waals surface area contributed by atoms with Gasteiger partial charge >= 0.3 is 0 Å². The Morgan fingerprint density at radius 3 is 2.85 bits per heavy atom. The zero-order chi connectivity index (χ0) is 17.5. The summed E-state index contributed by atoms with van der Waals surface area (Å²) in [6, 6.07) is 0. The van der Waals surface area contributed by atoms with Crippen LogP contribution in [0.15, 0.2) is 17.4 Å². The van der Waals surface area contributed by atoms with E-state index in [9.17, 15) is 0 Å². The maximum Gasteiger partial charge on any atom is 0.193 e. The van der Waals surface area contributed by atoms with Crippen LogP contribution in [0.2, 0.25) is 0 Å². The molecule has 0 amide bonds. The monoisotopic (exact) mass is 491 g/mol. The number of nitrogens with zero attached hydrogens (tertiary/aromatic N) is 4. The number of guanidine groups is 1. The summed E-state index contributed by atoms with van der Waals surface area (Å²) in [6.45, 7) is 6.29. The molecular weight excluding hydrogens is 457 g/mol. The summed E-state index contributed by atoms with van der Waals surface area (Å²) >= 11 is 2.22. The normalized spacial score (nSPS) is 20.1. The van der Waals surface area contributed by atoms with Crippen molar-refractivity contribution in [2.75, 3.05) is 31.9 Å². The minimum Gasteiger partial charge on any atom is -0.357 e. The second kappa shape index (κ2) is 10.8. The lowest BCUT2D eigenvalue weighted by molar-refractivity contribution is 0.293. The van der Waals surface area contributed by atoms with Crippen molar-refractivity contribution in [1.29, 1.82) is 0 Å². The molecule has 0 aromatic carbocycles. The van der Waals surface area contributed by atoms with Crippen LogP contribution < -0.4 is 5.32 Å². The lowest BCUT2D eigenvalue weighted by Crippen LogP contribution is -2.53. The molecule has 1 aliphatic carbocycles. The SMILES string of the molecule is CCNC(=NCCCc1cnn(C)c1)N1CCSC2(CCCCC2)C1.I. The van der Waals surface area contributed by atoms with Gasteiger partial charge in [0.1, 0.15) is 0 Å². The summed E-state index contributed by atoms with van der Waals surface area (Å²) in [6.07, 6.45) is 13.2. The predicted molar refractivity (Wildman–Crippen MR) is 123 cm³/mol. The molecule has 0 radical (unpaired) electrons. The van der Waals surface area contributed by atoms with Gasteiger partial charge in [0.25, 0.3) is 0 Å². The Bertz CT molecular complexity index is 563. The van der Waals surface area contributed by atoms with E-state index in [1.165, 1.54) is 50.0 Å². The Kier molecular flexibility index (Phi) is 9.06. The molecule has 148 valence electrons. The number of thioether (sulfide) groups is 1. The van der Waals surface area contributed by atoms with E-state index in [2.05, 4.69) is 40.2 Å². The van der Waals surface area contributed by atoms with Crippen molar-refractivity contribution < 1.29 is 0 Å². The molecule has 1 spiro atoms. The van der Waals surface area contributed by atoms with E-state index < -0.39 is 0 Å². The van der Waals surface area contributed by atoms with Crippen LogP contribution in [0.4, 0.5) is 0 Å². The van der Waals surface area contributed by atoms with Crippen molar-refractivity contribution in [3.8, 4) is 0 Å². The van der Waals surface area contributed by atoms with E-state index in [1.54, 1.807) is 0 Å². The van der Waals surface area contributed by atoms with Gasteiger partial charge in [0.05, 0.1) is 6.20 Å². The van der Waals surface area contributed by atoms with Gasteiger partial charge in [-0.15, -0.1) is 24.0 Å². The standard InChI is InChI=1S/C19H33N5S.HI/c1-3-20-18(21-11-7-8-17-14-22-23(2)15-17)24-12-13-25-19(16-24)9-5-4-6-10-19;/h14-15H,3-13,16H2,1-2H3,(H,20,21);1H. The summed E-state index contributed by atoms with van der Waals surface area (Å²) < 4.78 is 2.36. The average molecular weight is 491 g/mol. The van der Waals surface area contributed by atoms with Crippen LogP contribution in [-0.2, 0) is 13.5 Å². The number of rotatable bonds is 5. The van der Waals surface area contributed by atoms with Crippen LogP contribution in [0, 0.1) is 0 Å². The number of aryl methyl sites for hydroxylation is 2. The Balaban J connectivity index is 0.00000243. The Morgan fingerprint density at radius 2 is 2.15 bits per heavy atom. The number of hydrogen-bond acceptors (Lipinski definition) is 3. The summed E-state index contributed by atoms with van der Waals surface area (Å²) in [7, 11) is 1.97. The first-order valence-electron chi connectivity index (χ1n) is 9.85. The lowest BCUT2D eigenvalue weighted by Gasteiger charge is -2.45. The lowest BCUT2D eigenvalue weighted by atomic mass is 9.87. The molecular formula is C19H34IN5S. The largest absolute Gasteiger partial charge is 0.357 e. The highest BCUT2D eigenvalue weighted by atomic mass is 127. The third-order valence-electron chi connectivity index (χ3n) is 5.29. The van der Waals surface area contributed by atoms with E-state index in [0.717, 1.165) is 38.4 Å². The van der Waals surface area contributed by atoms with Gasteiger partial charge in [0.2, 0.25) is 0 Å². The molecule has 5 nitrogen and oxygen atoms in total. The highest BCUT2D eigenvalue weighted by molar-refractivity contribution is 14.0. The fourth-order valence-electron chi connectivity index (χ4n) is 4.02. The van der Waals surface area contributed by atoms with E-state index in [-0.39, 0.29) is 24.0 Å². The Hall–Kier alpha value is -0.440. The molecule has 2 fully saturated rings. The van der Waals surface area contributed by atoms with E-state index >= 15 is 0 Å². The molecule has 1 aliphatic heterocycles. The third kappa shape index (κ3) is 6.04. The molecule has 7 heteroatoms. The number of aliphatic imine (C=N–C) groups is 1. The van der Waals surface area contributed by atoms with Crippen molar-refractivity contribution in [1.82, 2.24) is 20.0 Å². The van der Waals surface area contributed by atoms with E-state index in [0.29, 0.717) is 4.75 Å². The van der Waals surface area contributed by atoms with Crippen molar-refractivity contribution in [3.63, 3.8) is 0 Å². The minimum atomic E-state index is 0. The van der Waals surface area contributed by atoms with Gasteiger partial charge < -0.3 is 10.2 Å². The molecule has 3 rings (SSSR count). The smallest absolute Gasteiger partial charge is 0.193 e. The van der Waals surface area contributed by atoms with Crippen LogP contribution in [0.1, 0.15) is 51.0 Å². The van der Waals surface area contributed by atoms with Gasteiger partial charge in [-0.1, -0.05) is 19.3 Å². The van der Waals surface area contributed by atoms with Gasteiger partial charge in [-0.25, -0.2) is 0 Å². The van der Waals surface area contributed by atoms with Crippen molar-refractivity contribution in [2.24, 2.45) is 12.0 Å². The number of aromatic nitrogens is 2. The minimum absolute atomic E-state index is 0. The first kappa shape index (κ1) is 21.9. The second-order valence-electron chi connectivity index (χ2n) is 7.38. The third-order valence-corrected chi connectivity index (χ3v) is 6.83. The molecule has 2 aliphatic rings. The van der Waals surface area contributed by atoms with Crippen molar-refractivity contribution >= 4 is 41.7 Å². The summed E-state index contributed by atoms with van der Waals surface area (Å²) in [4.78, 5) is 7.46. The summed E-state index contributed by atoms with van der Waals surface area (Å²) in [5, 5.41) is 7.77. The topological polar surface area (TPSA) is 45.5 Å². The summed E-state index contributed by atoms with van der Waals surface area (Å²) in [5.74, 6) is 2.36. The van der Waals surface area contributed by atoms with Crippen molar-refractivity contribution in [2.45, 2.75) is 56.6 Å². The second-order valence-corrected chi connectivity index (χ2v) is 8.94. The molecule has 0 atom stereocenters. The number of halogens is 1. The maximum atomic E-state index is 4.93. The molecule has 1 N–H and O–H groups in total. The zero-order valence-electron chi connectivity index (χ0n) is 16.2. The number of hydrogen-bond donors (Lipinski definition) is 1. The molecule has 1 saturated carbocycles. The molecule has 0 unspecified atom stereocenters. The predicted octanol–water partition coefficient (Wildman–Crippen LogP) is 3.69. The first-order chi connectivity index (χ1) is 12.2. The maximum absolute atomic E-state index is 4.93. The highest BCUT2D eigenvalue weighted by Crippen LogP contribution is 2.42. The fourth-order valence-corrected chi connectivity index (χ4v) is 5.59. The fraction of sp³-hybridized carbons (Fsp3) is 0.789. The van der Waals surface area contributed by atoms with Crippen molar-refractivity contribution in [3.05, 3.63) is 18.0 Å². The van der Waals surface area contributed by atoms with Gasteiger partial charge in [0.15, 0.2) is 5.96 Å². The first-order valence-corrected chi connectivity index (χ1v) is 10.8. The van der Waals surface area contributed by atoms with Crippen LogP contribution in [-0.4, -0.2) is 57.3 Å². The Morgan fingerprint density at radius 1 is 1.35 bits per heavy atom. The zero-order valence-corrected chi connectivity index (χ0v) is 19.4. The quantitative estimate of drug-likeness (QED) is 0.296. The van der Waals surface area contributed by atoms with Gasteiger partial charge in [0, 0.05) is 49.9 Å². The Labute approximate surface area is 179 Å². The van der Waals surface area contributed by atoms with E-state index in [4.69, 9.17) is 4.99 Å². The van der Waals surface area contributed by atoms with Crippen LogP contribution in [0.5, 0.6) is 0 Å². The molecule has 1 aromatic rings.